The van der Waals surface area contributed by atoms with Crippen LogP contribution in [0.4, 0.5) is 4.79 Å². The number of ether oxygens (including phenoxy) is 1. The third kappa shape index (κ3) is 4.73. The highest BCUT2D eigenvalue weighted by atomic mass is 16.6. The van der Waals surface area contributed by atoms with Crippen molar-refractivity contribution in [1.82, 2.24) is 10.6 Å². The van der Waals surface area contributed by atoms with Crippen molar-refractivity contribution in [2.45, 2.75) is 65.1 Å². The average Bonchev–Trinajstić information content (AvgIpc) is 2.36. The summed E-state index contributed by atoms with van der Waals surface area (Å²) in [5.41, 5.74) is 3.45. The standard InChI is InChI=1S/C18H28N2O2/c1-12-6-7-15(13(2)10-12)16-11-14(8-9-19-16)20-17(21)22-18(3,4)5/h6-7,10,14,16,19H,8-9,11H2,1-5H3,(H,20,21). The van der Waals surface area contributed by atoms with Crippen LogP contribution >= 0.6 is 0 Å². The number of benzene rings is 1. The van der Waals surface area contributed by atoms with E-state index in [2.05, 4.69) is 42.7 Å². The molecule has 0 radical (unpaired) electrons. The molecular weight excluding hydrogens is 276 g/mol. The molecule has 22 heavy (non-hydrogen) atoms. The van der Waals surface area contributed by atoms with Crippen molar-refractivity contribution in [2.75, 3.05) is 6.54 Å². The molecule has 0 spiro atoms. The molecule has 4 heteroatoms. The van der Waals surface area contributed by atoms with Crippen LogP contribution in [0.15, 0.2) is 18.2 Å². The van der Waals surface area contributed by atoms with Crippen LogP contribution in [0, 0.1) is 13.8 Å². The second kappa shape index (κ2) is 6.69. The van der Waals surface area contributed by atoms with Gasteiger partial charge in [-0.15, -0.1) is 0 Å². The summed E-state index contributed by atoms with van der Waals surface area (Å²) >= 11 is 0. The second-order valence-electron chi connectivity index (χ2n) is 7.23. The van der Waals surface area contributed by atoms with Gasteiger partial charge in [-0.2, -0.15) is 0 Å². The summed E-state index contributed by atoms with van der Waals surface area (Å²) in [7, 11) is 0. The van der Waals surface area contributed by atoms with Crippen LogP contribution in [-0.4, -0.2) is 24.3 Å². The van der Waals surface area contributed by atoms with Crippen molar-refractivity contribution in [3.8, 4) is 0 Å². The fourth-order valence-electron chi connectivity index (χ4n) is 2.98. The van der Waals surface area contributed by atoms with Crippen molar-refractivity contribution >= 4 is 6.09 Å². The van der Waals surface area contributed by atoms with Crippen LogP contribution in [0.2, 0.25) is 0 Å². The van der Waals surface area contributed by atoms with E-state index in [0.717, 1.165) is 19.4 Å². The van der Waals surface area contributed by atoms with Gasteiger partial charge in [-0.05, 0) is 65.1 Å². The summed E-state index contributed by atoms with van der Waals surface area (Å²) in [4.78, 5) is 11.9. The lowest BCUT2D eigenvalue weighted by Crippen LogP contribution is -2.45. The summed E-state index contributed by atoms with van der Waals surface area (Å²) in [6, 6.07) is 6.99. The second-order valence-corrected chi connectivity index (χ2v) is 7.23. The molecule has 0 aliphatic carbocycles. The van der Waals surface area contributed by atoms with E-state index in [1.165, 1.54) is 16.7 Å². The molecule has 0 bridgehead atoms. The minimum absolute atomic E-state index is 0.154. The predicted molar refractivity (Wildman–Crippen MR) is 89.1 cm³/mol. The SMILES string of the molecule is Cc1ccc(C2CC(NC(=O)OC(C)(C)C)CCN2)c(C)c1. The molecule has 2 N–H and O–H groups in total. The first kappa shape index (κ1) is 16.8. The van der Waals surface area contributed by atoms with E-state index in [9.17, 15) is 4.79 Å². The number of nitrogens with one attached hydrogen (secondary N) is 2. The number of hydrogen-bond donors (Lipinski definition) is 2. The minimum atomic E-state index is -0.454. The molecule has 2 rings (SSSR count). The number of carbonyl (C=O) groups excluding carboxylic acids is 1. The van der Waals surface area contributed by atoms with Gasteiger partial charge in [-0.25, -0.2) is 4.79 Å². The van der Waals surface area contributed by atoms with E-state index in [1.807, 2.05) is 20.8 Å². The number of hydrogen-bond acceptors (Lipinski definition) is 3. The van der Waals surface area contributed by atoms with E-state index < -0.39 is 5.60 Å². The highest BCUT2D eigenvalue weighted by Crippen LogP contribution is 2.26. The zero-order chi connectivity index (χ0) is 16.3. The maximum atomic E-state index is 11.9. The number of aryl methyl sites for hydroxylation is 2. The van der Waals surface area contributed by atoms with Crippen molar-refractivity contribution in [3.63, 3.8) is 0 Å². The fraction of sp³-hybridized carbons (Fsp3) is 0.611. The number of rotatable bonds is 2. The van der Waals surface area contributed by atoms with E-state index in [1.54, 1.807) is 0 Å². The summed E-state index contributed by atoms with van der Waals surface area (Å²) in [6.07, 6.45) is 1.50. The van der Waals surface area contributed by atoms with Gasteiger partial charge in [0.1, 0.15) is 5.60 Å². The molecule has 1 aliphatic rings. The zero-order valence-corrected chi connectivity index (χ0v) is 14.3. The van der Waals surface area contributed by atoms with Crippen molar-refractivity contribution in [3.05, 3.63) is 34.9 Å². The van der Waals surface area contributed by atoms with Crippen LogP contribution in [-0.2, 0) is 4.74 Å². The molecule has 2 atom stereocenters. The lowest BCUT2D eigenvalue weighted by molar-refractivity contribution is 0.0490. The Balaban J connectivity index is 1.98. The van der Waals surface area contributed by atoms with Crippen LogP contribution in [0.3, 0.4) is 0 Å². The van der Waals surface area contributed by atoms with Gasteiger partial charge < -0.3 is 15.4 Å². The molecule has 0 aromatic heterocycles. The summed E-state index contributed by atoms with van der Waals surface area (Å²) in [5, 5.41) is 6.56. The largest absolute Gasteiger partial charge is 0.444 e. The number of alkyl carbamates (subject to hydrolysis) is 1. The Hall–Kier alpha value is -1.55. The van der Waals surface area contributed by atoms with Crippen LogP contribution in [0.1, 0.15) is 56.3 Å². The number of amides is 1. The highest BCUT2D eigenvalue weighted by Gasteiger charge is 2.26. The number of piperidine rings is 1. The monoisotopic (exact) mass is 304 g/mol. The Morgan fingerprint density at radius 2 is 2.05 bits per heavy atom. The maximum Gasteiger partial charge on any atom is 0.407 e. The van der Waals surface area contributed by atoms with Gasteiger partial charge >= 0.3 is 6.09 Å². The topological polar surface area (TPSA) is 50.4 Å². The Bertz CT molecular complexity index is 534. The van der Waals surface area contributed by atoms with E-state index >= 15 is 0 Å². The third-order valence-corrected chi connectivity index (χ3v) is 3.93. The average molecular weight is 304 g/mol. The molecule has 1 saturated heterocycles. The number of carbonyl (C=O) groups is 1. The molecule has 1 fully saturated rings. The molecule has 1 aromatic rings. The Morgan fingerprint density at radius 3 is 2.68 bits per heavy atom. The summed E-state index contributed by atoms with van der Waals surface area (Å²) < 4.78 is 5.35. The van der Waals surface area contributed by atoms with Crippen LogP contribution in [0.5, 0.6) is 0 Å². The molecule has 4 nitrogen and oxygen atoms in total. The van der Waals surface area contributed by atoms with E-state index in [0.29, 0.717) is 0 Å². The zero-order valence-electron chi connectivity index (χ0n) is 14.3. The minimum Gasteiger partial charge on any atom is -0.444 e. The molecule has 1 amide bonds. The van der Waals surface area contributed by atoms with Gasteiger partial charge in [-0.3, -0.25) is 0 Å². The Kier molecular flexibility index (Phi) is 5.12. The highest BCUT2D eigenvalue weighted by molar-refractivity contribution is 5.68. The van der Waals surface area contributed by atoms with Crippen LogP contribution in [0.25, 0.3) is 0 Å². The van der Waals surface area contributed by atoms with Gasteiger partial charge in [0.15, 0.2) is 0 Å². The molecule has 122 valence electrons. The van der Waals surface area contributed by atoms with Gasteiger partial charge in [0.25, 0.3) is 0 Å². The predicted octanol–water partition coefficient (Wildman–Crippen LogP) is 3.62. The molecule has 2 unspecified atom stereocenters. The lowest BCUT2D eigenvalue weighted by Gasteiger charge is -2.32. The normalized spacial score (nSPS) is 22.2. The first-order valence-corrected chi connectivity index (χ1v) is 8.04. The quantitative estimate of drug-likeness (QED) is 0.877. The lowest BCUT2D eigenvalue weighted by atomic mass is 9.90. The first-order chi connectivity index (χ1) is 10.2. The van der Waals surface area contributed by atoms with Crippen molar-refractivity contribution < 1.29 is 9.53 Å². The van der Waals surface area contributed by atoms with Crippen LogP contribution < -0.4 is 10.6 Å². The van der Waals surface area contributed by atoms with Crippen molar-refractivity contribution in [2.24, 2.45) is 0 Å². The maximum absolute atomic E-state index is 11.9. The molecular formula is C18H28N2O2. The molecule has 1 aliphatic heterocycles. The first-order valence-electron chi connectivity index (χ1n) is 8.04. The van der Waals surface area contributed by atoms with Crippen molar-refractivity contribution in [1.29, 1.82) is 0 Å². The molecule has 1 heterocycles. The Labute approximate surface area is 133 Å². The Morgan fingerprint density at radius 1 is 1.32 bits per heavy atom. The van der Waals surface area contributed by atoms with E-state index in [-0.39, 0.29) is 18.2 Å². The summed E-state index contributed by atoms with van der Waals surface area (Å²) in [5.74, 6) is 0. The smallest absolute Gasteiger partial charge is 0.407 e. The fourth-order valence-corrected chi connectivity index (χ4v) is 2.98. The van der Waals surface area contributed by atoms with Gasteiger partial charge in [0, 0.05) is 12.1 Å². The van der Waals surface area contributed by atoms with Gasteiger partial charge in [0.2, 0.25) is 0 Å². The van der Waals surface area contributed by atoms with Gasteiger partial charge in [0.05, 0.1) is 0 Å². The van der Waals surface area contributed by atoms with Gasteiger partial charge in [-0.1, -0.05) is 23.8 Å². The molecule has 0 saturated carbocycles. The summed E-state index contributed by atoms with van der Waals surface area (Å²) in [6.45, 7) is 10.8. The third-order valence-electron chi connectivity index (χ3n) is 3.93. The molecule has 1 aromatic carbocycles. The van der Waals surface area contributed by atoms with E-state index in [4.69, 9.17) is 4.74 Å².